The van der Waals surface area contributed by atoms with E-state index in [1.54, 1.807) is 6.07 Å². The largest absolute Gasteiger partial charge is 0.337 e. The Kier molecular flexibility index (Phi) is 4.85. The van der Waals surface area contributed by atoms with E-state index in [9.17, 15) is 9.18 Å². The molecule has 1 saturated heterocycles. The molecule has 4 rings (SSSR count). The van der Waals surface area contributed by atoms with E-state index in [4.69, 9.17) is 0 Å². The Hall–Kier alpha value is -2.79. The highest BCUT2D eigenvalue weighted by Gasteiger charge is 2.27. The van der Waals surface area contributed by atoms with Gasteiger partial charge in [0.05, 0.1) is 11.2 Å². The first-order valence-corrected chi connectivity index (χ1v) is 9.55. The molecule has 2 heterocycles. The van der Waals surface area contributed by atoms with Gasteiger partial charge in [-0.15, -0.1) is 0 Å². The minimum absolute atomic E-state index is 0.0192. The Balaban J connectivity index is 1.67. The Morgan fingerprint density at radius 1 is 1.21 bits per heavy atom. The lowest BCUT2D eigenvalue weighted by Gasteiger charge is -2.24. The molecule has 0 radical (unpaired) electrons. The predicted octanol–water partition coefficient (Wildman–Crippen LogP) is 4.13. The van der Waals surface area contributed by atoms with Crippen LogP contribution in [0.1, 0.15) is 22.3 Å². The van der Waals surface area contributed by atoms with Gasteiger partial charge in [-0.2, -0.15) is 0 Å². The zero-order valence-electron chi connectivity index (χ0n) is 16.4. The number of likely N-dealkylation sites (N-methyl/N-ethyl adjacent to an activating group) is 2. The Bertz CT molecular complexity index is 1050. The fraction of sp³-hybridized carbons (Fsp3) is 0.304. The van der Waals surface area contributed by atoms with Gasteiger partial charge in [0.2, 0.25) is 0 Å². The molecule has 1 amide bonds. The highest BCUT2D eigenvalue weighted by atomic mass is 19.1. The van der Waals surface area contributed by atoms with Gasteiger partial charge in [0.25, 0.3) is 5.91 Å². The minimum atomic E-state index is -0.302. The summed E-state index contributed by atoms with van der Waals surface area (Å²) in [5.41, 5.74) is 3.90. The molecule has 0 unspecified atom stereocenters. The van der Waals surface area contributed by atoms with Gasteiger partial charge < -0.3 is 9.80 Å². The Morgan fingerprint density at radius 2 is 2.04 bits per heavy atom. The zero-order chi connectivity index (χ0) is 19.8. The van der Waals surface area contributed by atoms with Crippen LogP contribution in [0.15, 0.2) is 48.5 Å². The van der Waals surface area contributed by atoms with Crippen LogP contribution in [-0.4, -0.2) is 53.9 Å². The van der Waals surface area contributed by atoms with Crippen molar-refractivity contribution in [1.29, 1.82) is 0 Å². The van der Waals surface area contributed by atoms with E-state index in [2.05, 4.69) is 16.9 Å². The molecule has 0 N–H and O–H groups in total. The Morgan fingerprint density at radius 3 is 2.79 bits per heavy atom. The fourth-order valence-corrected chi connectivity index (χ4v) is 3.93. The van der Waals surface area contributed by atoms with Crippen LogP contribution in [0.2, 0.25) is 0 Å². The molecule has 28 heavy (non-hydrogen) atoms. The molecule has 4 nitrogen and oxygen atoms in total. The molecule has 2 aromatic carbocycles. The quantitative estimate of drug-likeness (QED) is 0.689. The van der Waals surface area contributed by atoms with Crippen molar-refractivity contribution >= 4 is 16.8 Å². The molecule has 0 bridgehead atoms. The van der Waals surface area contributed by atoms with E-state index in [1.165, 1.54) is 12.1 Å². The summed E-state index contributed by atoms with van der Waals surface area (Å²) in [6.07, 6.45) is 0.995. The van der Waals surface area contributed by atoms with Gasteiger partial charge in [0.1, 0.15) is 5.82 Å². The number of aromatic nitrogens is 1. The van der Waals surface area contributed by atoms with E-state index in [1.807, 2.05) is 49.2 Å². The molecule has 144 valence electrons. The minimum Gasteiger partial charge on any atom is -0.337 e. The smallest absolute Gasteiger partial charge is 0.253 e. The SMILES string of the molecule is Cc1cc(-c2cccc(C(=O)N(C)[C@H]3CCN(C)C3)c2)nc2cc(F)ccc12. The summed E-state index contributed by atoms with van der Waals surface area (Å²) in [6, 6.07) is 14.4. The highest BCUT2D eigenvalue weighted by molar-refractivity contribution is 5.95. The molecule has 0 spiro atoms. The highest BCUT2D eigenvalue weighted by Crippen LogP contribution is 2.26. The summed E-state index contributed by atoms with van der Waals surface area (Å²) in [7, 11) is 3.95. The van der Waals surface area contributed by atoms with Gasteiger partial charge in [0, 0.05) is 42.2 Å². The van der Waals surface area contributed by atoms with Crippen LogP contribution in [0.3, 0.4) is 0 Å². The second-order valence-corrected chi connectivity index (χ2v) is 7.69. The molecule has 3 aromatic rings. The van der Waals surface area contributed by atoms with Crippen molar-refractivity contribution in [2.24, 2.45) is 0 Å². The lowest BCUT2D eigenvalue weighted by molar-refractivity contribution is 0.0737. The number of rotatable bonds is 3. The molecular weight excluding hydrogens is 353 g/mol. The van der Waals surface area contributed by atoms with Crippen LogP contribution in [0.25, 0.3) is 22.2 Å². The number of nitrogens with zero attached hydrogens (tertiary/aromatic N) is 3. The van der Waals surface area contributed by atoms with Crippen LogP contribution in [0, 0.1) is 12.7 Å². The van der Waals surface area contributed by atoms with Crippen molar-refractivity contribution in [1.82, 2.24) is 14.8 Å². The molecule has 5 heteroatoms. The van der Waals surface area contributed by atoms with Gasteiger partial charge >= 0.3 is 0 Å². The van der Waals surface area contributed by atoms with E-state index in [0.717, 1.165) is 41.7 Å². The third-order valence-corrected chi connectivity index (χ3v) is 5.62. The van der Waals surface area contributed by atoms with Crippen LogP contribution >= 0.6 is 0 Å². The van der Waals surface area contributed by atoms with E-state index >= 15 is 0 Å². The number of likely N-dealkylation sites (tertiary alicyclic amines) is 1. The molecule has 1 atom stereocenters. The van der Waals surface area contributed by atoms with Gasteiger partial charge in [-0.05, 0) is 62.8 Å². The standard InChI is InChI=1S/C23H24FN3O/c1-15-11-21(25-22-13-18(24)7-8-20(15)22)16-5-4-6-17(12-16)23(28)27(3)19-9-10-26(2)14-19/h4-8,11-13,19H,9-10,14H2,1-3H3/t19-/m0/s1. The molecular formula is C23H24FN3O. The van der Waals surface area contributed by atoms with E-state index in [0.29, 0.717) is 11.1 Å². The van der Waals surface area contributed by atoms with Crippen molar-refractivity contribution in [3.63, 3.8) is 0 Å². The van der Waals surface area contributed by atoms with Crippen molar-refractivity contribution in [3.05, 3.63) is 65.5 Å². The number of hydrogen-bond donors (Lipinski definition) is 0. The van der Waals surface area contributed by atoms with Crippen molar-refractivity contribution in [2.75, 3.05) is 27.2 Å². The Labute approximate surface area is 164 Å². The number of benzene rings is 2. The number of pyridine rings is 1. The predicted molar refractivity (Wildman–Crippen MR) is 110 cm³/mol. The lowest BCUT2D eigenvalue weighted by Crippen LogP contribution is -2.38. The monoisotopic (exact) mass is 377 g/mol. The third kappa shape index (κ3) is 3.50. The second-order valence-electron chi connectivity index (χ2n) is 7.69. The maximum absolute atomic E-state index is 13.6. The first-order valence-electron chi connectivity index (χ1n) is 9.55. The van der Waals surface area contributed by atoms with Gasteiger partial charge in [-0.1, -0.05) is 12.1 Å². The van der Waals surface area contributed by atoms with E-state index in [-0.39, 0.29) is 17.8 Å². The molecule has 0 saturated carbocycles. The topological polar surface area (TPSA) is 36.4 Å². The number of carbonyl (C=O) groups is 1. The second kappa shape index (κ2) is 7.32. The lowest BCUT2D eigenvalue weighted by atomic mass is 10.0. The number of halogens is 1. The number of carbonyl (C=O) groups excluding carboxylic acids is 1. The third-order valence-electron chi connectivity index (χ3n) is 5.62. The van der Waals surface area contributed by atoms with Crippen molar-refractivity contribution in [2.45, 2.75) is 19.4 Å². The summed E-state index contributed by atoms with van der Waals surface area (Å²) in [5.74, 6) is -0.283. The summed E-state index contributed by atoms with van der Waals surface area (Å²) >= 11 is 0. The number of hydrogen-bond acceptors (Lipinski definition) is 3. The van der Waals surface area contributed by atoms with Gasteiger partial charge in [-0.25, -0.2) is 9.37 Å². The first-order chi connectivity index (χ1) is 13.4. The molecule has 0 aliphatic carbocycles. The van der Waals surface area contributed by atoms with Crippen LogP contribution in [0.5, 0.6) is 0 Å². The number of amides is 1. The summed E-state index contributed by atoms with van der Waals surface area (Å²) in [5, 5.41) is 0.933. The van der Waals surface area contributed by atoms with Gasteiger partial charge in [-0.3, -0.25) is 4.79 Å². The molecule has 1 fully saturated rings. The maximum Gasteiger partial charge on any atom is 0.253 e. The zero-order valence-corrected chi connectivity index (χ0v) is 16.4. The summed E-state index contributed by atoms with van der Waals surface area (Å²) in [4.78, 5) is 21.7. The summed E-state index contributed by atoms with van der Waals surface area (Å²) < 4.78 is 13.6. The van der Waals surface area contributed by atoms with Crippen LogP contribution in [0.4, 0.5) is 4.39 Å². The van der Waals surface area contributed by atoms with Crippen molar-refractivity contribution < 1.29 is 9.18 Å². The normalized spacial score (nSPS) is 17.2. The fourth-order valence-electron chi connectivity index (χ4n) is 3.93. The average Bonchev–Trinajstić information content (AvgIpc) is 3.13. The molecule has 1 aromatic heterocycles. The number of fused-ring (bicyclic) bond motifs is 1. The number of aryl methyl sites for hydroxylation is 1. The van der Waals surface area contributed by atoms with Crippen LogP contribution < -0.4 is 0 Å². The first kappa shape index (κ1) is 18.6. The molecule has 1 aliphatic heterocycles. The van der Waals surface area contributed by atoms with E-state index < -0.39 is 0 Å². The molecule has 1 aliphatic rings. The van der Waals surface area contributed by atoms with Crippen molar-refractivity contribution in [3.8, 4) is 11.3 Å². The van der Waals surface area contributed by atoms with Crippen LogP contribution in [-0.2, 0) is 0 Å². The van der Waals surface area contributed by atoms with Gasteiger partial charge in [0.15, 0.2) is 0 Å². The maximum atomic E-state index is 13.6. The summed E-state index contributed by atoms with van der Waals surface area (Å²) in [6.45, 7) is 3.91. The average molecular weight is 377 g/mol.